The first kappa shape index (κ1) is 18.2. The molecule has 0 aliphatic carbocycles. The van der Waals surface area contributed by atoms with Gasteiger partial charge in [-0.3, -0.25) is 9.59 Å². The molecule has 7 nitrogen and oxygen atoms in total. The number of piperidine rings is 1. The highest BCUT2D eigenvalue weighted by Gasteiger charge is 2.38. The number of amides is 4. The summed E-state index contributed by atoms with van der Waals surface area (Å²) in [6.45, 7) is 4.93. The summed E-state index contributed by atoms with van der Waals surface area (Å²) in [4.78, 5) is 39.4. The Labute approximate surface area is 153 Å². The number of carbonyl (C=O) groups is 3. The molecule has 4 amide bonds. The average Bonchev–Trinajstić information content (AvgIpc) is 2.78. The number of nitrogens with zero attached hydrogens (tertiary/aromatic N) is 1. The topological polar surface area (TPSA) is 90.5 Å². The lowest BCUT2D eigenvalue weighted by Gasteiger charge is -2.34. The number of hydrogen-bond acceptors (Lipinski definition) is 3. The van der Waals surface area contributed by atoms with Gasteiger partial charge in [0.2, 0.25) is 11.8 Å². The van der Waals surface area contributed by atoms with E-state index >= 15 is 0 Å². The van der Waals surface area contributed by atoms with E-state index in [0.717, 1.165) is 24.1 Å². The Balaban J connectivity index is 1.87. The van der Waals surface area contributed by atoms with Crippen LogP contribution < -0.4 is 16.0 Å². The minimum Gasteiger partial charge on any atom is -0.354 e. The summed E-state index contributed by atoms with van der Waals surface area (Å²) in [5.41, 5.74) is 1.62. The molecule has 3 rings (SSSR count). The van der Waals surface area contributed by atoms with Gasteiger partial charge in [-0.2, -0.15) is 0 Å². The molecule has 2 aliphatic heterocycles. The predicted molar refractivity (Wildman–Crippen MR) is 98.4 cm³/mol. The third-order valence-electron chi connectivity index (χ3n) is 5.25. The number of fused-ring (bicyclic) bond motifs is 1. The van der Waals surface area contributed by atoms with Gasteiger partial charge in [-0.05, 0) is 30.4 Å². The normalized spacial score (nSPS) is 24.0. The van der Waals surface area contributed by atoms with Crippen LogP contribution in [0.1, 0.15) is 38.7 Å². The van der Waals surface area contributed by atoms with Crippen LogP contribution in [0.25, 0.3) is 0 Å². The first-order valence-corrected chi connectivity index (χ1v) is 9.25. The summed E-state index contributed by atoms with van der Waals surface area (Å²) >= 11 is 0. The molecule has 2 aliphatic rings. The molecule has 26 heavy (non-hydrogen) atoms. The van der Waals surface area contributed by atoms with Gasteiger partial charge in [0.15, 0.2) is 0 Å². The van der Waals surface area contributed by atoms with Gasteiger partial charge >= 0.3 is 6.03 Å². The zero-order chi connectivity index (χ0) is 18.7. The largest absolute Gasteiger partial charge is 0.354 e. The molecule has 0 aromatic heterocycles. The molecule has 3 atom stereocenters. The van der Waals surface area contributed by atoms with Gasteiger partial charge in [-0.1, -0.05) is 38.5 Å². The molecule has 3 unspecified atom stereocenters. The first-order valence-electron chi connectivity index (χ1n) is 9.25. The van der Waals surface area contributed by atoms with Crippen LogP contribution in [-0.4, -0.2) is 41.4 Å². The summed E-state index contributed by atoms with van der Waals surface area (Å²) in [6, 6.07) is 6.00. The highest BCUT2D eigenvalue weighted by molar-refractivity contribution is 5.99. The Bertz CT molecular complexity index is 706. The number of anilines is 1. The molecule has 0 saturated carbocycles. The number of urea groups is 1. The molecule has 1 fully saturated rings. The fourth-order valence-electron chi connectivity index (χ4n) is 3.54. The lowest BCUT2D eigenvalue weighted by molar-refractivity contribution is -0.124. The molecular formula is C19H26N4O3. The van der Waals surface area contributed by atoms with Gasteiger partial charge < -0.3 is 20.9 Å². The highest BCUT2D eigenvalue weighted by Crippen LogP contribution is 2.27. The Morgan fingerprint density at radius 2 is 2.08 bits per heavy atom. The van der Waals surface area contributed by atoms with Gasteiger partial charge in [-0.15, -0.1) is 0 Å². The molecule has 2 heterocycles. The van der Waals surface area contributed by atoms with Crippen molar-refractivity contribution >= 4 is 23.5 Å². The van der Waals surface area contributed by atoms with Crippen molar-refractivity contribution in [2.75, 3.05) is 11.9 Å². The quantitative estimate of drug-likeness (QED) is 0.770. The standard InChI is InChI=1S/C19H26N4O3/c1-3-12(2)16-18(25)21-14-8-5-4-7-13(14)11-23(16)19(26)22-15-9-6-10-20-17(15)24/h4-5,7-8,12,15-16H,3,6,9-11H2,1-2H3,(H,20,24)(H,21,25)(H,22,26). The van der Waals surface area contributed by atoms with E-state index in [9.17, 15) is 14.4 Å². The number of carbonyl (C=O) groups excluding carboxylic acids is 3. The van der Waals surface area contributed by atoms with E-state index in [1.807, 2.05) is 38.1 Å². The van der Waals surface area contributed by atoms with Crippen molar-refractivity contribution in [1.82, 2.24) is 15.5 Å². The van der Waals surface area contributed by atoms with Crippen LogP contribution in [0.15, 0.2) is 24.3 Å². The first-order chi connectivity index (χ1) is 12.5. The smallest absolute Gasteiger partial charge is 0.319 e. The van der Waals surface area contributed by atoms with E-state index in [0.29, 0.717) is 19.5 Å². The average molecular weight is 358 g/mol. The van der Waals surface area contributed by atoms with E-state index in [2.05, 4.69) is 16.0 Å². The Kier molecular flexibility index (Phi) is 5.44. The number of para-hydroxylation sites is 1. The molecular weight excluding hydrogens is 332 g/mol. The summed E-state index contributed by atoms with van der Waals surface area (Å²) in [5.74, 6) is -0.354. The maximum Gasteiger partial charge on any atom is 0.319 e. The Hall–Kier alpha value is -2.57. The summed E-state index contributed by atoms with van der Waals surface area (Å²) in [6.07, 6.45) is 2.21. The van der Waals surface area contributed by atoms with E-state index < -0.39 is 12.1 Å². The minimum atomic E-state index is -0.584. The van der Waals surface area contributed by atoms with E-state index in [-0.39, 0.29) is 23.8 Å². The van der Waals surface area contributed by atoms with Gasteiger partial charge in [0.25, 0.3) is 0 Å². The van der Waals surface area contributed by atoms with Crippen molar-refractivity contribution in [3.63, 3.8) is 0 Å². The van der Waals surface area contributed by atoms with Crippen LogP contribution in [-0.2, 0) is 16.1 Å². The molecule has 0 spiro atoms. The molecule has 140 valence electrons. The fraction of sp³-hybridized carbons (Fsp3) is 0.526. The molecule has 1 saturated heterocycles. The van der Waals surface area contributed by atoms with Gasteiger partial charge in [-0.25, -0.2) is 4.79 Å². The van der Waals surface area contributed by atoms with Crippen molar-refractivity contribution in [3.05, 3.63) is 29.8 Å². The Morgan fingerprint density at radius 1 is 1.31 bits per heavy atom. The van der Waals surface area contributed by atoms with Crippen molar-refractivity contribution in [1.29, 1.82) is 0 Å². The third-order valence-corrected chi connectivity index (χ3v) is 5.25. The molecule has 7 heteroatoms. The Morgan fingerprint density at radius 3 is 2.81 bits per heavy atom. The second-order valence-corrected chi connectivity index (χ2v) is 7.04. The van der Waals surface area contributed by atoms with Crippen LogP contribution in [0.3, 0.4) is 0 Å². The van der Waals surface area contributed by atoms with Crippen LogP contribution >= 0.6 is 0 Å². The second kappa shape index (κ2) is 7.76. The lowest BCUT2D eigenvalue weighted by Crippen LogP contribution is -2.57. The monoisotopic (exact) mass is 358 g/mol. The van der Waals surface area contributed by atoms with E-state index in [4.69, 9.17) is 0 Å². The maximum absolute atomic E-state index is 13.0. The zero-order valence-corrected chi connectivity index (χ0v) is 15.2. The van der Waals surface area contributed by atoms with E-state index in [1.54, 1.807) is 4.90 Å². The summed E-state index contributed by atoms with van der Waals surface area (Å²) in [7, 11) is 0. The fourth-order valence-corrected chi connectivity index (χ4v) is 3.54. The zero-order valence-electron chi connectivity index (χ0n) is 15.2. The van der Waals surface area contributed by atoms with Gasteiger partial charge in [0.05, 0.1) is 6.54 Å². The van der Waals surface area contributed by atoms with Gasteiger partial charge in [0.1, 0.15) is 12.1 Å². The van der Waals surface area contributed by atoms with Crippen LogP contribution in [0.4, 0.5) is 10.5 Å². The van der Waals surface area contributed by atoms with Crippen molar-refractivity contribution < 1.29 is 14.4 Å². The summed E-state index contributed by atoms with van der Waals surface area (Å²) < 4.78 is 0. The lowest BCUT2D eigenvalue weighted by atomic mass is 9.97. The minimum absolute atomic E-state index is 0.00440. The van der Waals surface area contributed by atoms with Crippen molar-refractivity contribution in [3.8, 4) is 0 Å². The predicted octanol–water partition coefficient (Wildman–Crippen LogP) is 1.84. The van der Waals surface area contributed by atoms with Gasteiger partial charge in [0, 0.05) is 12.2 Å². The van der Waals surface area contributed by atoms with Crippen LogP contribution in [0, 0.1) is 5.92 Å². The molecule has 3 N–H and O–H groups in total. The second-order valence-electron chi connectivity index (χ2n) is 7.04. The molecule has 1 aromatic rings. The van der Waals surface area contributed by atoms with Crippen LogP contribution in [0.2, 0.25) is 0 Å². The molecule has 1 aromatic carbocycles. The number of nitrogens with one attached hydrogen (secondary N) is 3. The van der Waals surface area contributed by atoms with Crippen molar-refractivity contribution in [2.45, 2.75) is 51.7 Å². The molecule has 0 radical (unpaired) electrons. The highest BCUT2D eigenvalue weighted by atomic mass is 16.2. The van der Waals surface area contributed by atoms with E-state index in [1.165, 1.54) is 0 Å². The van der Waals surface area contributed by atoms with Crippen LogP contribution in [0.5, 0.6) is 0 Å². The number of hydrogen-bond donors (Lipinski definition) is 3. The molecule has 0 bridgehead atoms. The SMILES string of the molecule is CCC(C)C1C(=O)Nc2ccccc2CN1C(=O)NC1CCCNC1=O. The third kappa shape index (κ3) is 3.66. The maximum atomic E-state index is 13.0. The summed E-state index contributed by atoms with van der Waals surface area (Å²) in [5, 5.41) is 8.54. The number of rotatable bonds is 3. The van der Waals surface area contributed by atoms with Crippen molar-refractivity contribution in [2.24, 2.45) is 5.92 Å². The number of benzene rings is 1.